The molecule has 4 heteroatoms. The highest BCUT2D eigenvalue weighted by molar-refractivity contribution is 5.61. The van der Waals surface area contributed by atoms with Crippen molar-refractivity contribution in [1.82, 2.24) is 5.32 Å². The minimum absolute atomic E-state index is 0.0830. The molecule has 2 N–H and O–H groups in total. The van der Waals surface area contributed by atoms with Gasteiger partial charge in [-0.2, -0.15) is 5.26 Å². The van der Waals surface area contributed by atoms with Crippen molar-refractivity contribution < 1.29 is 5.11 Å². The first-order chi connectivity index (χ1) is 9.49. The fourth-order valence-corrected chi connectivity index (χ4v) is 2.12. The lowest BCUT2D eigenvalue weighted by Crippen LogP contribution is -2.34. The molecule has 0 spiro atoms. The van der Waals surface area contributed by atoms with Crippen LogP contribution in [-0.2, 0) is 6.54 Å². The Morgan fingerprint density at radius 2 is 2.00 bits per heavy atom. The Morgan fingerprint density at radius 3 is 2.50 bits per heavy atom. The van der Waals surface area contributed by atoms with Crippen LogP contribution in [-0.4, -0.2) is 30.3 Å². The average Bonchev–Trinajstić information content (AvgIpc) is 2.42. The average molecular weight is 275 g/mol. The molecule has 0 aromatic heterocycles. The molecule has 4 nitrogen and oxygen atoms in total. The molecular formula is C16H25N3O. The molecule has 110 valence electrons. The number of benzene rings is 1. The lowest BCUT2D eigenvalue weighted by Gasteiger charge is -2.29. The molecule has 0 fully saturated rings. The summed E-state index contributed by atoms with van der Waals surface area (Å²) in [7, 11) is 0. The van der Waals surface area contributed by atoms with Gasteiger partial charge in [-0.25, -0.2) is 0 Å². The zero-order valence-corrected chi connectivity index (χ0v) is 12.8. The highest BCUT2D eigenvalue weighted by Crippen LogP contribution is 2.23. The first-order valence-corrected chi connectivity index (χ1v) is 7.13. The molecule has 1 aromatic carbocycles. The van der Waals surface area contributed by atoms with E-state index in [0.717, 1.165) is 17.8 Å². The number of aliphatic hydroxyl groups is 1. The van der Waals surface area contributed by atoms with Gasteiger partial charge in [0.15, 0.2) is 0 Å². The third-order valence-corrected chi connectivity index (χ3v) is 3.17. The summed E-state index contributed by atoms with van der Waals surface area (Å²) in [5, 5.41) is 21.9. The number of anilines is 1. The van der Waals surface area contributed by atoms with Crippen LogP contribution in [0.3, 0.4) is 0 Å². The highest BCUT2D eigenvalue weighted by Gasteiger charge is 2.14. The molecule has 0 saturated carbocycles. The first kappa shape index (κ1) is 16.5. The molecule has 0 atom stereocenters. The van der Waals surface area contributed by atoms with Crippen molar-refractivity contribution in [3.8, 4) is 6.07 Å². The summed E-state index contributed by atoms with van der Waals surface area (Å²) < 4.78 is 0. The highest BCUT2D eigenvalue weighted by atomic mass is 16.3. The Labute approximate surface area is 122 Å². The van der Waals surface area contributed by atoms with Crippen LogP contribution in [0.4, 0.5) is 5.69 Å². The summed E-state index contributed by atoms with van der Waals surface area (Å²) in [5.41, 5.74) is 2.66. The van der Waals surface area contributed by atoms with E-state index >= 15 is 0 Å². The maximum atomic E-state index is 9.36. The Hall–Kier alpha value is -1.57. The number of hydrogen-bond acceptors (Lipinski definition) is 4. The Bertz CT molecular complexity index is 463. The van der Waals surface area contributed by atoms with Gasteiger partial charge in [0.25, 0.3) is 0 Å². The van der Waals surface area contributed by atoms with Gasteiger partial charge in [-0.1, -0.05) is 19.9 Å². The number of nitrogens with zero attached hydrogens (tertiary/aromatic N) is 2. The van der Waals surface area contributed by atoms with Gasteiger partial charge in [-0.3, -0.25) is 0 Å². The molecule has 0 heterocycles. The quantitative estimate of drug-likeness (QED) is 0.801. The Morgan fingerprint density at radius 1 is 1.30 bits per heavy atom. The van der Waals surface area contributed by atoms with Crippen molar-refractivity contribution in [1.29, 1.82) is 5.26 Å². The number of aliphatic hydroxyl groups excluding tert-OH is 1. The third-order valence-electron chi connectivity index (χ3n) is 3.17. The van der Waals surface area contributed by atoms with Gasteiger partial charge in [-0.05, 0) is 31.5 Å². The summed E-state index contributed by atoms with van der Waals surface area (Å²) in [5.74, 6) is 0. The van der Waals surface area contributed by atoms with E-state index in [4.69, 9.17) is 0 Å². The normalized spacial score (nSPS) is 10.9. The number of hydrogen-bond donors (Lipinski definition) is 2. The second kappa shape index (κ2) is 7.88. The topological polar surface area (TPSA) is 59.3 Å². The largest absolute Gasteiger partial charge is 0.395 e. The summed E-state index contributed by atoms with van der Waals surface area (Å²) in [4.78, 5) is 2.05. The van der Waals surface area contributed by atoms with Crippen LogP contribution in [0.15, 0.2) is 18.2 Å². The van der Waals surface area contributed by atoms with Crippen LogP contribution in [0.5, 0.6) is 0 Å². The lowest BCUT2D eigenvalue weighted by atomic mass is 10.1. The van der Waals surface area contributed by atoms with Crippen LogP contribution in [0.25, 0.3) is 0 Å². The molecule has 0 saturated heterocycles. The van der Waals surface area contributed by atoms with E-state index in [1.165, 1.54) is 0 Å². The number of nitriles is 1. The second-order valence-electron chi connectivity index (χ2n) is 5.51. The Balaban J connectivity index is 3.00. The van der Waals surface area contributed by atoms with E-state index in [9.17, 15) is 10.4 Å². The van der Waals surface area contributed by atoms with Crippen LogP contribution in [0, 0.1) is 11.3 Å². The number of nitrogens with one attached hydrogen (secondary N) is 1. The zero-order valence-electron chi connectivity index (χ0n) is 12.8. The van der Waals surface area contributed by atoms with Gasteiger partial charge in [0.2, 0.25) is 0 Å². The molecule has 0 unspecified atom stereocenters. The molecule has 0 radical (unpaired) electrons. The van der Waals surface area contributed by atoms with Crippen molar-refractivity contribution in [3.05, 3.63) is 29.3 Å². The zero-order chi connectivity index (χ0) is 15.1. The monoisotopic (exact) mass is 275 g/mol. The minimum Gasteiger partial charge on any atom is -0.395 e. The third kappa shape index (κ3) is 4.52. The van der Waals surface area contributed by atoms with Gasteiger partial charge in [0.05, 0.1) is 17.9 Å². The maximum Gasteiger partial charge on any atom is 0.101 e. The molecule has 0 bridgehead atoms. The summed E-state index contributed by atoms with van der Waals surface area (Å²) in [6, 6.07) is 8.87. The van der Waals surface area contributed by atoms with E-state index in [1.54, 1.807) is 0 Å². The van der Waals surface area contributed by atoms with Gasteiger partial charge in [0.1, 0.15) is 6.07 Å². The molecular weight excluding hydrogens is 250 g/mol. The molecule has 1 rings (SSSR count). The SMILES string of the molecule is CC(C)NCc1ccc(N(CCO)C(C)C)c(C#N)c1. The van der Waals surface area contributed by atoms with Crippen molar-refractivity contribution in [2.75, 3.05) is 18.1 Å². The van der Waals surface area contributed by atoms with Crippen LogP contribution >= 0.6 is 0 Å². The molecule has 0 aliphatic rings. The van der Waals surface area contributed by atoms with Crippen molar-refractivity contribution >= 4 is 5.69 Å². The van der Waals surface area contributed by atoms with E-state index in [-0.39, 0.29) is 12.6 Å². The molecule has 20 heavy (non-hydrogen) atoms. The fraction of sp³-hybridized carbons (Fsp3) is 0.562. The lowest BCUT2D eigenvalue weighted by molar-refractivity contribution is 0.299. The van der Waals surface area contributed by atoms with Gasteiger partial charge < -0.3 is 15.3 Å². The smallest absolute Gasteiger partial charge is 0.101 e. The predicted molar refractivity (Wildman–Crippen MR) is 82.7 cm³/mol. The standard InChI is InChI=1S/C16H25N3O/c1-12(2)18-11-14-5-6-16(15(9-14)10-17)19(7-8-20)13(3)4/h5-6,9,12-13,18,20H,7-8,11H2,1-4H3. The molecule has 0 amide bonds. The molecule has 1 aromatic rings. The number of rotatable bonds is 7. The summed E-state index contributed by atoms with van der Waals surface area (Å²) in [6.07, 6.45) is 0. The van der Waals surface area contributed by atoms with E-state index in [1.807, 2.05) is 18.2 Å². The van der Waals surface area contributed by atoms with E-state index < -0.39 is 0 Å². The first-order valence-electron chi connectivity index (χ1n) is 7.13. The Kier molecular flexibility index (Phi) is 6.50. The minimum atomic E-state index is 0.0830. The van der Waals surface area contributed by atoms with Gasteiger partial charge in [0, 0.05) is 25.2 Å². The van der Waals surface area contributed by atoms with Crippen LogP contribution in [0.2, 0.25) is 0 Å². The van der Waals surface area contributed by atoms with Crippen LogP contribution in [0.1, 0.15) is 38.8 Å². The van der Waals surface area contributed by atoms with E-state index in [2.05, 4.69) is 44.0 Å². The van der Waals surface area contributed by atoms with Crippen molar-refractivity contribution in [2.24, 2.45) is 0 Å². The molecule has 0 aliphatic heterocycles. The summed E-state index contributed by atoms with van der Waals surface area (Å²) >= 11 is 0. The van der Waals surface area contributed by atoms with Crippen molar-refractivity contribution in [3.63, 3.8) is 0 Å². The van der Waals surface area contributed by atoms with E-state index in [0.29, 0.717) is 18.2 Å². The van der Waals surface area contributed by atoms with Gasteiger partial charge in [-0.15, -0.1) is 0 Å². The molecule has 0 aliphatic carbocycles. The predicted octanol–water partition coefficient (Wildman–Crippen LogP) is 2.26. The van der Waals surface area contributed by atoms with Crippen LogP contribution < -0.4 is 10.2 Å². The fourth-order valence-electron chi connectivity index (χ4n) is 2.12. The maximum absolute atomic E-state index is 9.36. The summed E-state index contributed by atoms with van der Waals surface area (Å²) in [6.45, 7) is 9.70. The second-order valence-corrected chi connectivity index (χ2v) is 5.51. The van der Waals surface area contributed by atoms with Crippen molar-refractivity contribution in [2.45, 2.75) is 46.3 Å². The van der Waals surface area contributed by atoms with Gasteiger partial charge >= 0.3 is 0 Å².